The molecule has 5 aromatic rings. The molecule has 0 saturated carbocycles. The second-order valence-corrected chi connectivity index (χ2v) is 7.04. The molecule has 4 heterocycles. The third kappa shape index (κ3) is 3.38. The fraction of sp³-hybridized carbons (Fsp3) is 0.0870. The summed E-state index contributed by atoms with van der Waals surface area (Å²) in [5.41, 5.74) is 2.00. The zero-order chi connectivity index (χ0) is 21.4. The fourth-order valence-electron chi connectivity index (χ4n) is 3.58. The van der Waals surface area contributed by atoms with E-state index in [0.717, 1.165) is 5.52 Å². The van der Waals surface area contributed by atoms with Crippen molar-refractivity contribution in [3.8, 4) is 0 Å². The minimum Gasteiger partial charge on any atom is -0.454 e. The van der Waals surface area contributed by atoms with E-state index in [4.69, 9.17) is 4.42 Å². The number of nitrogens with one attached hydrogen (secondary N) is 1. The van der Waals surface area contributed by atoms with Gasteiger partial charge in [-0.2, -0.15) is 0 Å². The highest BCUT2D eigenvalue weighted by Gasteiger charge is 2.15. The molecule has 1 aromatic carbocycles. The van der Waals surface area contributed by atoms with Crippen molar-refractivity contribution >= 4 is 22.6 Å². The highest BCUT2D eigenvalue weighted by molar-refractivity contribution is 5.91. The maximum absolute atomic E-state index is 13.7. The van der Waals surface area contributed by atoms with E-state index in [1.54, 1.807) is 47.0 Å². The van der Waals surface area contributed by atoms with Crippen LogP contribution in [-0.2, 0) is 13.1 Å². The molecule has 0 unspecified atom stereocenters. The Bertz CT molecular complexity index is 1480. The van der Waals surface area contributed by atoms with Crippen LogP contribution in [0.5, 0.6) is 0 Å². The van der Waals surface area contributed by atoms with Crippen LogP contribution in [0, 0.1) is 5.82 Å². The molecule has 0 atom stereocenters. The van der Waals surface area contributed by atoms with Crippen LogP contribution in [0.1, 0.15) is 21.9 Å². The van der Waals surface area contributed by atoms with E-state index in [0.29, 0.717) is 22.5 Å². The molecule has 7 nitrogen and oxygen atoms in total. The van der Waals surface area contributed by atoms with Gasteiger partial charge in [-0.3, -0.25) is 14.2 Å². The standard InChI is InChI=1S/C23H17FN4O3/c24-17-6-2-1-5-15(17)13-26-22(29)20-10-9-16(31-20)14-28-21-18(7-3-11-25-21)27-12-4-8-19(27)23(28)30/h1-12H,13-14H2,(H,26,29). The Kier molecular flexibility index (Phi) is 4.59. The monoisotopic (exact) mass is 416 g/mol. The van der Waals surface area contributed by atoms with Crippen molar-refractivity contribution in [3.05, 3.63) is 106 Å². The van der Waals surface area contributed by atoms with Crippen molar-refractivity contribution in [2.45, 2.75) is 13.1 Å². The number of carbonyl (C=O) groups is 1. The zero-order valence-corrected chi connectivity index (χ0v) is 16.3. The topological polar surface area (TPSA) is 81.5 Å². The first-order valence-corrected chi connectivity index (χ1v) is 9.67. The number of hydrogen-bond donors (Lipinski definition) is 1. The molecule has 0 spiro atoms. The summed E-state index contributed by atoms with van der Waals surface area (Å²) >= 11 is 0. The number of furan rings is 1. The second kappa shape index (κ2) is 7.56. The number of amides is 1. The molecular weight excluding hydrogens is 399 g/mol. The number of aromatic nitrogens is 3. The van der Waals surface area contributed by atoms with E-state index in [1.165, 1.54) is 16.7 Å². The van der Waals surface area contributed by atoms with Gasteiger partial charge in [0.15, 0.2) is 11.4 Å². The summed E-state index contributed by atoms with van der Waals surface area (Å²) in [6.45, 7) is 0.162. The van der Waals surface area contributed by atoms with Crippen molar-refractivity contribution in [1.29, 1.82) is 0 Å². The van der Waals surface area contributed by atoms with Gasteiger partial charge >= 0.3 is 0 Å². The van der Waals surface area contributed by atoms with E-state index in [9.17, 15) is 14.0 Å². The molecule has 0 fully saturated rings. The van der Waals surface area contributed by atoms with Crippen molar-refractivity contribution in [2.75, 3.05) is 0 Å². The first kappa shape index (κ1) is 18.8. The Labute approximate surface area is 175 Å². The van der Waals surface area contributed by atoms with Crippen molar-refractivity contribution in [2.24, 2.45) is 0 Å². The number of carbonyl (C=O) groups excluding carboxylic acids is 1. The molecule has 154 valence electrons. The summed E-state index contributed by atoms with van der Waals surface area (Å²) < 4.78 is 22.7. The molecule has 0 radical (unpaired) electrons. The first-order chi connectivity index (χ1) is 15.1. The third-order valence-electron chi connectivity index (χ3n) is 5.09. The normalized spacial score (nSPS) is 11.3. The molecule has 8 heteroatoms. The number of halogens is 1. The largest absolute Gasteiger partial charge is 0.454 e. The maximum atomic E-state index is 13.7. The minimum atomic E-state index is -0.466. The van der Waals surface area contributed by atoms with Crippen LogP contribution in [0.4, 0.5) is 4.39 Å². The van der Waals surface area contributed by atoms with E-state index in [-0.39, 0.29) is 30.2 Å². The van der Waals surface area contributed by atoms with Crippen molar-refractivity contribution in [3.63, 3.8) is 0 Å². The number of fused-ring (bicyclic) bond motifs is 3. The Hall–Kier alpha value is -4.20. The molecule has 1 N–H and O–H groups in total. The molecule has 31 heavy (non-hydrogen) atoms. The predicted octanol–water partition coefficient (Wildman–Crippen LogP) is 3.36. The average Bonchev–Trinajstić information content (AvgIpc) is 3.46. The van der Waals surface area contributed by atoms with E-state index < -0.39 is 5.91 Å². The highest BCUT2D eigenvalue weighted by Crippen LogP contribution is 2.16. The quantitative estimate of drug-likeness (QED) is 0.476. The van der Waals surface area contributed by atoms with E-state index in [2.05, 4.69) is 10.3 Å². The van der Waals surface area contributed by atoms with Gasteiger partial charge in [0.2, 0.25) is 0 Å². The van der Waals surface area contributed by atoms with Gasteiger partial charge in [-0.1, -0.05) is 18.2 Å². The van der Waals surface area contributed by atoms with Crippen LogP contribution in [-0.4, -0.2) is 19.9 Å². The number of hydrogen-bond acceptors (Lipinski definition) is 4. The first-order valence-electron chi connectivity index (χ1n) is 9.67. The van der Waals surface area contributed by atoms with Crippen LogP contribution in [0.2, 0.25) is 0 Å². The number of pyridine rings is 1. The highest BCUT2D eigenvalue weighted by atomic mass is 19.1. The van der Waals surface area contributed by atoms with Gasteiger partial charge in [0.25, 0.3) is 11.5 Å². The second-order valence-electron chi connectivity index (χ2n) is 7.04. The van der Waals surface area contributed by atoms with Gasteiger partial charge in [0.05, 0.1) is 12.1 Å². The molecule has 0 bridgehead atoms. The van der Waals surface area contributed by atoms with E-state index >= 15 is 0 Å². The molecular formula is C23H17FN4O3. The average molecular weight is 416 g/mol. The Morgan fingerprint density at radius 2 is 1.87 bits per heavy atom. The maximum Gasteiger partial charge on any atom is 0.287 e. The number of benzene rings is 1. The summed E-state index contributed by atoms with van der Waals surface area (Å²) in [7, 11) is 0. The van der Waals surface area contributed by atoms with Gasteiger partial charge in [0.1, 0.15) is 17.1 Å². The Morgan fingerprint density at radius 1 is 1.03 bits per heavy atom. The third-order valence-corrected chi connectivity index (χ3v) is 5.09. The molecule has 1 amide bonds. The Balaban J connectivity index is 1.41. The van der Waals surface area contributed by atoms with Gasteiger partial charge < -0.3 is 14.1 Å². The SMILES string of the molecule is O=C(NCc1ccccc1F)c1ccc(Cn2c(=O)c3cccn3c3cccnc32)o1. The number of rotatable bonds is 5. The molecule has 0 aliphatic heterocycles. The van der Waals surface area contributed by atoms with Crippen LogP contribution in [0.15, 0.2) is 82.3 Å². The fourth-order valence-corrected chi connectivity index (χ4v) is 3.58. The number of nitrogens with zero attached hydrogens (tertiary/aromatic N) is 3. The van der Waals surface area contributed by atoms with Crippen LogP contribution < -0.4 is 10.9 Å². The van der Waals surface area contributed by atoms with Crippen molar-refractivity contribution in [1.82, 2.24) is 19.3 Å². The minimum absolute atomic E-state index is 0.0421. The van der Waals surface area contributed by atoms with Crippen LogP contribution in [0.25, 0.3) is 16.7 Å². The van der Waals surface area contributed by atoms with Gasteiger partial charge in [-0.25, -0.2) is 9.37 Å². The van der Waals surface area contributed by atoms with Gasteiger partial charge in [0, 0.05) is 24.5 Å². The summed E-state index contributed by atoms with van der Waals surface area (Å²) in [4.78, 5) is 29.8. The van der Waals surface area contributed by atoms with Crippen LogP contribution in [0.3, 0.4) is 0 Å². The summed E-state index contributed by atoms with van der Waals surface area (Å²) in [6.07, 6.45) is 3.44. The van der Waals surface area contributed by atoms with E-state index in [1.807, 2.05) is 18.3 Å². The lowest BCUT2D eigenvalue weighted by atomic mass is 10.2. The summed E-state index contributed by atoms with van der Waals surface area (Å²) in [5.74, 6) is -0.337. The van der Waals surface area contributed by atoms with Gasteiger partial charge in [-0.05, 0) is 42.5 Å². The molecule has 5 rings (SSSR count). The molecule has 0 aliphatic rings. The smallest absolute Gasteiger partial charge is 0.287 e. The molecule has 0 saturated heterocycles. The zero-order valence-electron chi connectivity index (χ0n) is 16.3. The summed E-state index contributed by atoms with van der Waals surface area (Å²) in [6, 6.07) is 16.6. The lowest BCUT2D eigenvalue weighted by molar-refractivity contribution is 0.0921. The lowest BCUT2D eigenvalue weighted by Gasteiger charge is -2.10. The molecule has 4 aromatic heterocycles. The lowest BCUT2D eigenvalue weighted by Crippen LogP contribution is -2.24. The van der Waals surface area contributed by atoms with Gasteiger partial charge in [-0.15, -0.1) is 0 Å². The molecule has 0 aliphatic carbocycles. The summed E-state index contributed by atoms with van der Waals surface area (Å²) in [5, 5.41) is 2.64. The predicted molar refractivity (Wildman–Crippen MR) is 112 cm³/mol. The Morgan fingerprint density at radius 3 is 2.74 bits per heavy atom. The van der Waals surface area contributed by atoms with Crippen LogP contribution >= 0.6 is 0 Å². The van der Waals surface area contributed by atoms with Crippen molar-refractivity contribution < 1.29 is 13.6 Å².